The van der Waals surface area contributed by atoms with Gasteiger partial charge in [-0.25, -0.2) is 4.79 Å². The molecule has 0 heterocycles. The number of hydrogen-bond acceptors (Lipinski definition) is 7. The molecule has 1 amide bonds. The van der Waals surface area contributed by atoms with Crippen LogP contribution in [0, 0.1) is 0 Å². The van der Waals surface area contributed by atoms with E-state index in [1.807, 2.05) is 0 Å². The van der Waals surface area contributed by atoms with E-state index in [2.05, 4.69) is 12.2 Å². The summed E-state index contributed by atoms with van der Waals surface area (Å²) in [6.45, 7) is 2.00. The summed E-state index contributed by atoms with van der Waals surface area (Å²) in [5, 5.41) is 42.7. The van der Waals surface area contributed by atoms with Gasteiger partial charge in [0.25, 0.3) is 5.91 Å². The number of benzene rings is 1. The fourth-order valence-electron chi connectivity index (χ4n) is 4.12. The van der Waals surface area contributed by atoms with Crippen molar-refractivity contribution in [3.63, 3.8) is 0 Å². The van der Waals surface area contributed by atoms with Crippen LogP contribution in [0.1, 0.15) is 107 Å². The van der Waals surface area contributed by atoms with Crippen molar-refractivity contribution in [1.29, 1.82) is 0 Å². The summed E-state index contributed by atoms with van der Waals surface area (Å²) in [5.41, 5.74) is 0.271. The molecule has 212 valence electrons. The molecular weight excluding hydrogens is 474 g/mol. The summed E-state index contributed by atoms with van der Waals surface area (Å²) >= 11 is 0. The molecule has 0 bridgehead atoms. The number of carbonyl (C=O) groups excluding carboxylic acids is 2. The van der Waals surface area contributed by atoms with Crippen LogP contribution >= 0.6 is 0 Å². The second-order valence-corrected chi connectivity index (χ2v) is 9.85. The van der Waals surface area contributed by atoms with E-state index >= 15 is 0 Å². The lowest BCUT2D eigenvalue weighted by atomic mass is 10.0. The maximum Gasteiger partial charge on any atom is 0.338 e. The first kappa shape index (κ1) is 33.0. The number of aliphatic hydroxyl groups excluding tert-OH is 4. The quantitative estimate of drug-likeness (QED) is 0.115. The highest BCUT2D eigenvalue weighted by Gasteiger charge is 2.34. The van der Waals surface area contributed by atoms with Gasteiger partial charge < -0.3 is 30.5 Å². The van der Waals surface area contributed by atoms with Gasteiger partial charge in [-0.3, -0.25) is 4.79 Å². The summed E-state index contributed by atoms with van der Waals surface area (Å²) in [6.07, 6.45) is 9.84. The van der Waals surface area contributed by atoms with Crippen LogP contribution in [-0.4, -0.2) is 69.9 Å². The minimum atomic E-state index is -1.93. The Morgan fingerprint density at radius 2 is 1.22 bits per heavy atom. The Balaban J connectivity index is 2.07. The molecule has 0 unspecified atom stereocenters. The lowest BCUT2D eigenvalue weighted by molar-refractivity contribution is -0.149. The normalized spacial score (nSPS) is 14.5. The van der Waals surface area contributed by atoms with Crippen LogP contribution in [0.25, 0.3) is 0 Å². The number of rotatable bonds is 22. The molecular formula is C29H49NO7. The number of nitrogens with one attached hydrogen (secondary N) is 1. The molecule has 0 aromatic heterocycles. The Hall–Kier alpha value is -2.00. The van der Waals surface area contributed by atoms with Crippen molar-refractivity contribution >= 4 is 11.9 Å². The van der Waals surface area contributed by atoms with Crippen molar-refractivity contribution in [2.75, 3.05) is 13.2 Å². The minimum absolute atomic E-state index is 0.271. The predicted molar refractivity (Wildman–Crippen MR) is 144 cm³/mol. The topological polar surface area (TPSA) is 136 Å². The zero-order valence-electron chi connectivity index (χ0n) is 22.5. The summed E-state index contributed by atoms with van der Waals surface area (Å²) in [5.74, 6) is -1.53. The molecule has 1 rings (SSSR count). The van der Waals surface area contributed by atoms with Crippen molar-refractivity contribution in [3.05, 3.63) is 35.9 Å². The lowest BCUT2D eigenvalue weighted by Gasteiger charge is -2.25. The summed E-state index contributed by atoms with van der Waals surface area (Å²) in [6, 6.07) is 8.11. The molecule has 0 radical (unpaired) electrons. The average Bonchev–Trinajstić information content (AvgIpc) is 2.92. The number of esters is 1. The first-order chi connectivity index (χ1) is 17.9. The number of ether oxygens (including phenoxy) is 1. The molecule has 0 fully saturated rings. The second-order valence-electron chi connectivity index (χ2n) is 9.85. The maximum atomic E-state index is 12.1. The van der Waals surface area contributed by atoms with Crippen molar-refractivity contribution in [1.82, 2.24) is 5.32 Å². The third-order valence-corrected chi connectivity index (χ3v) is 6.56. The molecule has 8 heteroatoms. The Bertz CT molecular complexity index is 715. The van der Waals surface area contributed by atoms with Gasteiger partial charge in [0.05, 0.1) is 5.56 Å². The number of amides is 1. The van der Waals surface area contributed by atoms with Crippen LogP contribution in [0.5, 0.6) is 0 Å². The molecule has 0 spiro atoms. The van der Waals surface area contributed by atoms with Gasteiger partial charge >= 0.3 is 5.97 Å². The van der Waals surface area contributed by atoms with E-state index in [-0.39, 0.29) is 5.56 Å². The van der Waals surface area contributed by atoms with Gasteiger partial charge in [-0.2, -0.15) is 0 Å². The van der Waals surface area contributed by atoms with Crippen LogP contribution in [0.2, 0.25) is 0 Å². The van der Waals surface area contributed by atoms with E-state index in [9.17, 15) is 30.0 Å². The minimum Gasteiger partial charge on any atom is -0.459 e. The zero-order valence-corrected chi connectivity index (χ0v) is 22.5. The summed E-state index contributed by atoms with van der Waals surface area (Å²) < 4.78 is 4.92. The molecule has 1 aromatic carbocycles. The van der Waals surface area contributed by atoms with Crippen LogP contribution in [0.4, 0.5) is 0 Å². The van der Waals surface area contributed by atoms with E-state index in [0.29, 0.717) is 6.54 Å². The fraction of sp³-hybridized carbons (Fsp3) is 0.724. The zero-order chi connectivity index (χ0) is 27.3. The van der Waals surface area contributed by atoms with Gasteiger partial charge in [-0.05, 0) is 18.6 Å². The van der Waals surface area contributed by atoms with Crippen LogP contribution in [0.15, 0.2) is 30.3 Å². The predicted octanol–water partition coefficient (Wildman–Crippen LogP) is 3.88. The van der Waals surface area contributed by atoms with Gasteiger partial charge in [0.15, 0.2) is 6.10 Å². The molecule has 4 atom stereocenters. The molecule has 8 nitrogen and oxygen atoms in total. The van der Waals surface area contributed by atoms with E-state index in [1.54, 1.807) is 18.2 Å². The highest BCUT2D eigenvalue weighted by atomic mass is 16.5. The van der Waals surface area contributed by atoms with Gasteiger partial charge in [0.1, 0.15) is 24.9 Å². The molecule has 5 N–H and O–H groups in total. The first-order valence-corrected chi connectivity index (χ1v) is 14.1. The van der Waals surface area contributed by atoms with Crippen molar-refractivity contribution < 1.29 is 34.8 Å². The number of hydrogen-bond donors (Lipinski definition) is 5. The van der Waals surface area contributed by atoms with Crippen molar-refractivity contribution in [2.45, 2.75) is 121 Å². The highest BCUT2D eigenvalue weighted by Crippen LogP contribution is 2.13. The number of aliphatic hydroxyl groups is 4. The molecule has 0 aliphatic carbocycles. The van der Waals surface area contributed by atoms with E-state index in [4.69, 9.17) is 4.74 Å². The average molecular weight is 524 g/mol. The van der Waals surface area contributed by atoms with Crippen LogP contribution < -0.4 is 5.32 Å². The SMILES string of the molecule is CCCCCCCCCCCCCCCCNC(=O)[C@H](O)[C@@H](O)[C@H](O)[C@H](O)COC(=O)c1ccccc1. The molecule has 0 aliphatic rings. The standard InChI is InChI=1S/C29H49NO7/c1-2-3-4-5-6-7-8-9-10-11-12-13-14-18-21-30-28(35)27(34)26(33)25(32)24(31)22-37-29(36)23-19-16-15-17-20-23/h15-17,19-20,24-27,31-34H,2-14,18,21-22H2,1H3,(H,30,35)/t24-,25-,26+,27-/m1/s1. The third-order valence-electron chi connectivity index (χ3n) is 6.56. The largest absolute Gasteiger partial charge is 0.459 e. The molecule has 0 saturated carbocycles. The van der Waals surface area contributed by atoms with Crippen molar-refractivity contribution in [2.24, 2.45) is 0 Å². The van der Waals surface area contributed by atoms with E-state index in [1.165, 1.54) is 82.8 Å². The monoisotopic (exact) mass is 523 g/mol. The van der Waals surface area contributed by atoms with Gasteiger partial charge in [0, 0.05) is 6.54 Å². The highest BCUT2D eigenvalue weighted by molar-refractivity contribution is 5.89. The molecule has 0 saturated heterocycles. The van der Waals surface area contributed by atoms with Gasteiger partial charge in [-0.15, -0.1) is 0 Å². The van der Waals surface area contributed by atoms with Gasteiger partial charge in [-0.1, -0.05) is 109 Å². The molecule has 37 heavy (non-hydrogen) atoms. The molecule has 1 aromatic rings. The molecule has 0 aliphatic heterocycles. The Labute approximate surface area is 222 Å². The summed E-state index contributed by atoms with van der Waals surface area (Å²) in [7, 11) is 0. The second kappa shape index (κ2) is 21.0. The Morgan fingerprint density at radius 1 is 0.730 bits per heavy atom. The first-order valence-electron chi connectivity index (χ1n) is 14.1. The smallest absolute Gasteiger partial charge is 0.338 e. The lowest BCUT2D eigenvalue weighted by Crippen LogP contribution is -2.52. The van der Waals surface area contributed by atoms with E-state index < -0.39 is 42.9 Å². The van der Waals surface area contributed by atoms with Crippen LogP contribution in [-0.2, 0) is 9.53 Å². The van der Waals surface area contributed by atoms with E-state index in [0.717, 1.165) is 19.3 Å². The third kappa shape index (κ3) is 15.1. The fourth-order valence-corrected chi connectivity index (χ4v) is 4.12. The Kier molecular flexibility index (Phi) is 18.7. The number of carbonyl (C=O) groups is 2. The van der Waals surface area contributed by atoms with Crippen molar-refractivity contribution in [3.8, 4) is 0 Å². The summed E-state index contributed by atoms with van der Waals surface area (Å²) in [4.78, 5) is 24.0. The Morgan fingerprint density at radius 3 is 1.73 bits per heavy atom. The maximum absolute atomic E-state index is 12.1. The van der Waals surface area contributed by atoms with Gasteiger partial charge in [0.2, 0.25) is 0 Å². The number of unbranched alkanes of at least 4 members (excludes halogenated alkanes) is 13. The van der Waals surface area contributed by atoms with Crippen LogP contribution in [0.3, 0.4) is 0 Å².